The van der Waals surface area contributed by atoms with Crippen molar-refractivity contribution >= 4 is 11.6 Å². The minimum absolute atomic E-state index is 0.0832. The van der Waals surface area contributed by atoms with Crippen LogP contribution in [0, 0.1) is 16.7 Å². The molecule has 0 saturated heterocycles. The van der Waals surface area contributed by atoms with E-state index in [0.29, 0.717) is 11.5 Å². The molecular weight excluding hydrogens is 234 g/mol. The van der Waals surface area contributed by atoms with Crippen molar-refractivity contribution < 1.29 is 4.79 Å². The predicted molar refractivity (Wildman–Crippen MR) is 77.4 cm³/mol. The molecule has 0 spiro atoms. The van der Waals surface area contributed by atoms with Crippen LogP contribution in [0.3, 0.4) is 0 Å². The molecule has 2 nitrogen and oxygen atoms in total. The number of hydrogen-bond donors (Lipinski definition) is 0. The van der Waals surface area contributed by atoms with Crippen molar-refractivity contribution in [1.82, 2.24) is 0 Å². The Bertz CT molecular complexity index is 544. The van der Waals surface area contributed by atoms with E-state index in [2.05, 4.69) is 25.8 Å². The highest BCUT2D eigenvalue weighted by molar-refractivity contribution is 6.07. The molecule has 0 aliphatic heterocycles. The summed E-state index contributed by atoms with van der Waals surface area (Å²) in [5, 5.41) is 0. The van der Waals surface area contributed by atoms with Gasteiger partial charge in [-0.3, -0.25) is 4.79 Å². The number of carbonyl (C=O) groups excluding carboxylic acids is 1. The minimum atomic E-state index is -0.0832. The number of fused-ring (bicyclic) bond motifs is 2. The number of hydrogen-bond acceptors (Lipinski definition) is 1. The number of amides is 1. The zero-order valence-electron chi connectivity index (χ0n) is 11.9. The highest BCUT2D eigenvalue weighted by Gasteiger charge is 2.59. The Kier molecular flexibility index (Phi) is 2.67. The van der Waals surface area contributed by atoms with Crippen molar-refractivity contribution in [1.29, 1.82) is 0 Å². The van der Waals surface area contributed by atoms with E-state index in [4.69, 9.17) is 0 Å². The molecule has 2 atom stereocenters. The first-order valence-electron chi connectivity index (χ1n) is 7.12. The van der Waals surface area contributed by atoms with Crippen LogP contribution in [0.2, 0.25) is 0 Å². The number of benzene rings is 1. The van der Waals surface area contributed by atoms with Crippen molar-refractivity contribution in [3.63, 3.8) is 0 Å². The monoisotopic (exact) mass is 255 g/mol. The van der Waals surface area contributed by atoms with Gasteiger partial charge >= 0.3 is 0 Å². The Hall–Kier alpha value is -1.44. The van der Waals surface area contributed by atoms with Crippen LogP contribution < -0.4 is 0 Å². The van der Waals surface area contributed by atoms with Gasteiger partial charge in [-0.15, -0.1) is 0 Å². The van der Waals surface area contributed by atoms with Gasteiger partial charge in [-0.1, -0.05) is 39.0 Å². The molecule has 2 saturated carbocycles. The lowest BCUT2D eigenvalue weighted by Gasteiger charge is -2.34. The molecule has 2 heteroatoms. The molecule has 0 aromatic heterocycles. The summed E-state index contributed by atoms with van der Waals surface area (Å²) >= 11 is 0. The van der Waals surface area contributed by atoms with Crippen LogP contribution in [0.15, 0.2) is 35.3 Å². The molecule has 19 heavy (non-hydrogen) atoms. The summed E-state index contributed by atoms with van der Waals surface area (Å²) in [6.07, 6.45) is 3.45. The van der Waals surface area contributed by atoms with Crippen molar-refractivity contribution in [2.45, 2.75) is 40.0 Å². The van der Waals surface area contributed by atoms with Gasteiger partial charge in [0.05, 0.1) is 0 Å². The fraction of sp³-hybridized carbons (Fsp3) is 0.529. The van der Waals surface area contributed by atoms with E-state index in [1.807, 2.05) is 30.3 Å². The van der Waals surface area contributed by atoms with Crippen LogP contribution in [-0.2, 0) is 0 Å². The second-order valence-corrected chi connectivity index (χ2v) is 6.72. The van der Waals surface area contributed by atoms with Gasteiger partial charge in [0.1, 0.15) is 0 Å². The molecule has 1 aromatic rings. The third-order valence-electron chi connectivity index (χ3n) is 5.77. The van der Waals surface area contributed by atoms with Crippen molar-refractivity contribution in [3.05, 3.63) is 35.9 Å². The zero-order chi connectivity index (χ0) is 13.7. The van der Waals surface area contributed by atoms with Crippen molar-refractivity contribution in [2.24, 2.45) is 21.7 Å². The average molecular weight is 255 g/mol. The first-order valence-corrected chi connectivity index (χ1v) is 7.12. The fourth-order valence-electron chi connectivity index (χ4n) is 3.87. The van der Waals surface area contributed by atoms with Gasteiger partial charge < -0.3 is 0 Å². The van der Waals surface area contributed by atoms with Crippen LogP contribution in [0.4, 0.5) is 0 Å². The SMILES string of the molecule is CC1(C)[C@@H]2CC[C@@]1(C)C(=NC(=O)c1ccccc1)C2. The number of carbonyl (C=O) groups is 1. The lowest BCUT2D eigenvalue weighted by Crippen LogP contribution is -2.33. The molecule has 0 N–H and O–H groups in total. The second kappa shape index (κ2) is 4.03. The third-order valence-corrected chi connectivity index (χ3v) is 5.77. The molecule has 2 bridgehead atoms. The minimum Gasteiger partial charge on any atom is -0.267 e. The van der Waals surface area contributed by atoms with E-state index >= 15 is 0 Å². The van der Waals surface area contributed by atoms with Gasteiger partial charge in [-0.2, -0.15) is 0 Å². The van der Waals surface area contributed by atoms with Crippen LogP contribution in [-0.4, -0.2) is 11.6 Å². The summed E-state index contributed by atoms with van der Waals surface area (Å²) in [4.78, 5) is 16.7. The molecule has 3 rings (SSSR count). The normalized spacial score (nSPS) is 33.8. The largest absolute Gasteiger partial charge is 0.276 e. The number of aliphatic imine (C=N–C) groups is 1. The molecule has 0 heterocycles. The number of nitrogens with zero attached hydrogens (tertiary/aromatic N) is 1. The molecule has 2 aliphatic rings. The third kappa shape index (κ3) is 1.69. The van der Waals surface area contributed by atoms with Crippen LogP contribution in [0.1, 0.15) is 50.4 Å². The van der Waals surface area contributed by atoms with Gasteiger partial charge in [-0.05, 0) is 42.7 Å². The van der Waals surface area contributed by atoms with Crippen LogP contribution in [0.25, 0.3) is 0 Å². The Morgan fingerprint density at radius 3 is 2.42 bits per heavy atom. The van der Waals surface area contributed by atoms with Gasteiger partial charge in [0, 0.05) is 16.7 Å². The summed E-state index contributed by atoms with van der Waals surface area (Å²) in [5.41, 5.74) is 2.21. The Labute approximate surface area is 114 Å². The molecule has 1 amide bonds. The smallest absolute Gasteiger partial charge is 0.267 e. The topological polar surface area (TPSA) is 29.4 Å². The fourth-order valence-corrected chi connectivity index (χ4v) is 3.87. The van der Waals surface area contributed by atoms with Gasteiger partial charge in [-0.25, -0.2) is 4.99 Å². The average Bonchev–Trinajstić information content (AvgIpc) is 2.73. The molecule has 2 fully saturated rings. The van der Waals surface area contributed by atoms with E-state index in [-0.39, 0.29) is 16.7 Å². The van der Waals surface area contributed by atoms with Crippen LogP contribution in [0.5, 0.6) is 0 Å². The van der Waals surface area contributed by atoms with E-state index in [0.717, 1.165) is 12.1 Å². The maximum absolute atomic E-state index is 12.2. The highest BCUT2D eigenvalue weighted by atomic mass is 16.1. The Morgan fingerprint density at radius 1 is 1.21 bits per heavy atom. The molecule has 0 unspecified atom stereocenters. The molecule has 1 aromatic carbocycles. The summed E-state index contributed by atoms with van der Waals surface area (Å²) in [6, 6.07) is 9.38. The van der Waals surface area contributed by atoms with Crippen molar-refractivity contribution in [3.8, 4) is 0 Å². The van der Waals surface area contributed by atoms with E-state index in [9.17, 15) is 4.79 Å². The van der Waals surface area contributed by atoms with E-state index in [1.165, 1.54) is 12.8 Å². The van der Waals surface area contributed by atoms with Crippen LogP contribution >= 0.6 is 0 Å². The summed E-state index contributed by atoms with van der Waals surface area (Å²) in [5.74, 6) is 0.611. The molecule has 2 aliphatic carbocycles. The zero-order valence-corrected chi connectivity index (χ0v) is 11.9. The van der Waals surface area contributed by atoms with E-state index in [1.54, 1.807) is 0 Å². The Morgan fingerprint density at radius 2 is 1.89 bits per heavy atom. The van der Waals surface area contributed by atoms with Gasteiger partial charge in [0.2, 0.25) is 0 Å². The lowest BCUT2D eigenvalue weighted by molar-refractivity contribution is 0.100. The number of rotatable bonds is 1. The maximum Gasteiger partial charge on any atom is 0.276 e. The van der Waals surface area contributed by atoms with E-state index < -0.39 is 0 Å². The molecule has 100 valence electrons. The lowest BCUT2D eigenvalue weighted by atomic mass is 9.70. The first kappa shape index (κ1) is 12.6. The van der Waals surface area contributed by atoms with Gasteiger partial charge in [0.15, 0.2) is 0 Å². The quantitative estimate of drug-likeness (QED) is 0.742. The van der Waals surface area contributed by atoms with Gasteiger partial charge in [0.25, 0.3) is 5.91 Å². The standard InChI is InChI=1S/C17H21NO/c1-16(2)13-9-10-17(16,3)14(11-13)18-15(19)12-7-5-4-6-8-12/h4-8,13H,9-11H2,1-3H3/t13-,17+/m1/s1. The second-order valence-electron chi connectivity index (χ2n) is 6.72. The van der Waals surface area contributed by atoms with Crippen molar-refractivity contribution in [2.75, 3.05) is 0 Å². The summed E-state index contributed by atoms with van der Waals surface area (Å²) in [7, 11) is 0. The first-order chi connectivity index (χ1) is 8.95. The summed E-state index contributed by atoms with van der Waals surface area (Å²) in [6.45, 7) is 6.96. The molecular formula is C17H21NO. The Balaban J connectivity index is 1.93. The predicted octanol–water partition coefficient (Wildman–Crippen LogP) is 4.11. The maximum atomic E-state index is 12.2. The molecule has 0 radical (unpaired) electrons. The summed E-state index contributed by atoms with van der Waals surface area (Å²) < 4.78 is 0. The highest BCUT2D eigenvalue weighted by Crippen LogP contribution is 2.64.